The van der Waals surface area contributed by atoms with Crippen molar-refractivity contribution >= 4 is 5.91 Å². The summed E-state index contributed by atoms with van der Waals surface area (Å²) in [6.45, 7) is 8.00. The number of nitrogens with zero attached hydrogens (tertiary/aromatic N) is 4. The lowest BCUT2D eigenvalue weighted by atomic mass is 9.86. The first kappa shape index (κ1) is 18.4. The summed E-state index contributed by atoms with van der Waals surface area (Å²) in [6, 6.07) is 0. The van der Waals surface area contributed by atoms with E-state index in [9.17, 15) is 4.79 Å². The minimum atomic E-state index is 0.383. The number of rotatable bonds is 7. The Hall–Kier alpha value is -1.36. The van der Waals surface area contributed by atoms with E-state index in [-0.39, 0.29) is 0 Å². The number of hydrogen-bond donors (Lipinski definition) is 0. The summed E-state index contributed by atoms with van der Waals surface area (Å²) in [4.78, 5) is 21.4. The highest BCUT2D eigenvalue weighted by Gasteiger charge is 2.22. The molecule has 1 saturated carbocycles. The zero-order valence-corrected chi connectivity index (χ0v) is 15.8. The quantitative estimate of drug-likeness (QED) is 0.762. The molecule has 0 spiro atoms. The van der Waals surface area contributed by atoms with Gasteiger partial charge in [0, 0.05) is 64.5 Å². The zero-order chi connectivity index (χ0) is 17.5. The molecule has 1 aromatic rings. The minimum absolute atomic E-state index is 0.383. The molecule has 0 N–H and O–H groups in total. The third-order valence-electron chi connectivity index (χ3n) is 5.99. The minimum Gasteiger partial charge on any atom is -0.340 e. The highest BCUT2D eigenvalue weighted by Crippen LogP contribution is 2.27. The maximum Gasteiger partial charge on any atom is 0.222 e. The molecule has 0 bridgehead atoms. The van der Waals surface area contributed by atoms with Gasteiger partial charge in [0.05, 0.1) is 0 Å². The molecule has 5 heteroatoms. The van der Waals surface area contributed by atoms with Crippen molar-refractivity contribution in [2.75, 3.05) is 32.7 Å². The fourth-order valence-electron chi connectivity index (χ4n) is 4.29. The van der Waals surface area contributed by atoms with E-state index >= 15 is 0 Å². The number of piperazine rings is 1. The van der Waals surface area contributed by atoms with Gasteiger partial charge in [0.15, 0.2) is 0 Å². The van der Waals surface area contributed by atoms with Crippen molar-refractivity contribution in [1.29, 1.82) is 0 Å². The summed E-state index contributed by atoms with van der Waals surface area (Å²) < 4.78 is 2.25. The molecule has 25 heavy (non-hydrogen) atoms. The van der Waals surface area contributed by atoms with E-state index in [0.29, 0.717) is 5.91 Å². The number of amides is 1. The summed E-state index contributed by atoms with van der Waals surface area (Å²) >= 11 is 0. The van der Waals surface area contributed by atoms with E-state index in [1.165, 1.54) is 32.1 Å². The molecule has 1 amide bonds. The van der Waals surface area contributed by atoms with Gasteiger partial charge in [-0.05, 0) is 12.3 Å². The van der Waals surface area contributed by atoms with Crippen LogP contribution in [0.3, 0.4) is 0 Å². The Balaban J connectivity index is 1.34. The van der Waals surface area contributed by atoms with Crippen molar-refractivity contribution in [2.45, 2.75) is 64.8 Å². The topological polar surface area (TPSA) is 41.4 Å². The molecule has 0 atom stereocenters. The SMILES string of the molecule is CCc1nccn1CCN1CCN(C(=O)CCC2CCCCC2)CC1. The summed E-state index contributed by atoms with van der Waals surface area (Å²) in [7, 11) is 0. The highest BCUT2D eigenvalue weighted by molar-refractivity contribution is 5.76. The smallest absolute Gasteiger partial charge is 0.222 e. The highest BCUT2D eigenvalue weighted by atomic mass is 16.2. The average Bonchev–Trinajstić information content (AvgIpc) is 3.13. The Morgan fingerprint density at radius 3 is 2.60 bits per heavy atom. The summed E-state index contributed by atoms with van der Waals surface area (Å²) in [6.07, 6.45) is 13.6. The van der Waals surface area contributed by atoms with Crippen LogP contribution in [0.1, 0.15) is 57.7 Å². The normalized spacial score (nSPS) is 20.1. The number of hydrogen-bond acceptors (Lipinski definition) is 3. The molecule has 1 aliphatic heterocycles. The lowest BCUT2D eigenvalue weighted by Crippen LogP contribution is -2.49. The number of aryl methyl sites for hydroxylation is 1. The van der Waals surface area contributed by atoms with Crippen LogP contribution >= 0.6 is 0 Å². The van der Waals surface area contributed by atoms with E-state index in [2.05, 4.69) is 32.5 Å². The van der Waals surface area contributed by atoms with E-state index in [0.717, 1.165) is 70.3 Å². The number of aromatic nitrogens is 2. The Labute approximate surface area is 152 Å². The van der Waals surface area contributed by atoms with Crippen molar-refractivity contribution in [3.8, 4) is 0 Å². The maximum absolute atomic E-state index is 12.5. The first-order valence-electron chi connectivity index (χ1n) is 10.3. The predicted octanol–water partition coefficient (Wildman–Crippen LogP) is 2.95. The van der Waals surface area contributed by atoms with Gasteiger partial charge in [0.25, 0.3) is 0 Å². The van der Waals surface area contributed by atoms with Crippen LogP contribution < -0.4 is 0 Å². The number of carbonyl (C=O) groups excluding carboxylic acids is 1. The van der Waals surface area contributed by atoms with E-state index in [1.54, 1.807) is 0 Å². The van der Waals surface area contributed by atoms with Crippen LogP contribution in [-0.4, -0.2) is 58.0 Å². The van der Waals surface area contributed by atoms with Crippen LogP contribution in [0.15, 0.2) is 12.4 Å². The molecular weight excluding hydrogens is 312 g/mol. The van der Waals surface area contributed by atoms with E-state index in [1.807, 2.05) is 6.20 Å². The fourth-order valence-corrected chi connectivity index (χ4v) is 4.29. The Morgan fingerprint density at radius 1 is 1.12 bits per heavy atom. The second-order valence-electron chi connectivity index (χ2n) is 7.66. The molecule has 0 aromatic carbocycles. The second-order valence-corrected chi connectivity index (χ2v) is 7.66. The molecule has 1 aliphatic carbocycles. The van der Waals surface area contributed by atoms with Gasteiger partial charge < -0.3 is 9.47 Å². The molecule has 2 aliphatic rings. The fraction of sp³-hybridized carbons (Fsp3) is 0.800. The van der Waals surface area contributed by atoms with Crippen LogP contribution in [-0.2, 0) is 17.8 Å². The van der Waals surface area contributed by atoms with Gasteiger partial charge in [-0.1, -0.05) is 39.0 Å². The number of imidazole rings is 1. The Kier molecular flexibility index (Phi) is 6.91. The van der Waals surface area contributed by atoms with Crippen molar-refractivity contribution in [3.63, 3.8) is 0 Å². The first-order chi connectivity index (χ1) is 12.3. The van der Waals surface area contributed by atoms with Crippen molar-refractivity contribution in [1.82, 2.24) is 19.4 Å². The van der Waals surface area contributed by atoms with Gasteiger partial charge in [-0.25, -0.2) is 4.98 Å². The number of carbonyl (C=O) groups is 1. The monoisotopic (exact) mass is 346 g/mol. The molecule has 2 fully saturated rings. The maximum atomic E-state index is 12.5. The molecule has 3 rings (SSSR count). The van der Waals surface area contributed by atoms with Gasteiger partial charge >= 0.3 is 0 Å². The second kappa shape index (κ2) is 9.37. The van der Waals surface area contributed by atoms with Gasteiger partial charge in [0.1, 0.15) is 5.82 Å². The molecule has 2 heterocycles. The lowest BCUT2D eigenvalue weighted by molar-refractivity contribution is -0.133. The van der Waals surface area contributed by atoms with Crippen LogP contribution in [0.4, 0.5) is 0 Å². The molecule has 5 nitrogen and oxygen atoms in total. The molecule has 1 aromatic heterocycles. The molecule has 140 valence electrons. The molecule has 1 saturated heterocycles. The molecule has 0 unspecified atom stereocenters. The van der Waals surface area contributed by atoms with Crippen molar-refractivity contribution in [2.24, 2.45) is 5.92 Å². The summed E-state index contributed by atoms with van der Waals surface area (Å²) in [5.74, 6) is 2.35. The van der Waals surface area contributed by atoms with Crippen LogP contribution in [0, 0.1) is 5.92 Å². The molecular formula is C20H34N4O. The van der Waals surface area contributed by atoms with Gasteiger partial charge in [-0.2, -0.15) is 0 Å². The van der Waals surface area contributed by atoms with Crippen LogP contribution in [0.25, 0.3) is 0 Å². The standard InChI is InChI=1S/C20H34N4O/c1-2-19-21-10-11-23(19)15-12-22-13-16-24(17-14-22)20(25)9-8-18-6-4-3-5-7-18/h10-11,18H,2-9,12-17H2,1H3. The predicted molar refractivity (Wildman–Crippen MR) is 100 cm³/mol. The van der Waals surface area contributed by atoms with E-state index in [4.69, 9.17) is 0 Å². The van der Waals surface area contributed by atoms with Crippen LogP contribution in [0.5, 0.6) is 0 Å². The lowest BCUT2D eigenvalue weighted by Gasteiger charge is -2.35. The third kappa shape index (κ3) is 5.30. The zero-order valence-electron chi connectivity index (χ0n) is 15.8. The van der Waals surface area contributed by atoms with Crippen LogP contribution in [0.2, 0.25) is 0 Å². The average molecular weight is 347 g/mol. The van der Waals surface area contributed by atoms with Gasteiger partial charge in [0.2, 0.25) is 5.91 Å². The van der Waals surface area contributed by atoms with Crippen molar-refractivity contribution in [3.05, 3.63) is 18.2 Å². The Morgan fingerprint density at radius 2 is 1.88 bits per heavy atom. The van der Waals surface area contributed by atoms with Gasteiger partial charge in [-0.3, -0.25) is 9.69 Å². The summed E-state index contributed by atoms with van der Waals surface area (Å²) in [5.41, 5.74) is 0. The first-order valence-corrected chi connectivity index (χ1v) is 10.3. The largest absolute Gasteiger partial charge is 0.340 e. The molecule has 0 radical (unpaired) electrons. The summed E-state index contributed by atoms with van der Waals surface area (Å²) in [5, 5.41) is 0. The van der Waals surface area contributed by atoms with Crippen molar-refractivity contribution < 1.29 is 4.79 Å². The van der Waals surface area contributed by atoms with E-state index < -0.39 is 0 Å². The Bertz CT molecular complexity index is 528. The van der Waals surface area contributed by atoms with Gasteiger partial charge in [-0.15, -0.1) is 0 Å². The third-order valence-corrected chi connectivity index (χ3v) is 5.99.